The Bertz CT molecular complexity index is 1140. The fourth-order valence-electron chi connectivity index (χ4n) is 3.95. The van der Waals surface area contributed by atoms with E-state index in [2.05, 4.69) is 15.0 Å². The van der Waals surface area contributed by atoms with Gasteiger partial charge in [-0.25, -0.2) is 14.4 Å². The molecular formula is C24H30FN5O3. The van der Waals surface area contributed by atoms with Crippen LogP contribution in [0.5, 0.6) is 5.75 Å². The van der Waals surface area contributed by atoms with Gasteiger partial charge in [0.2, 0.25) is 0 Å². The van der Waals surface area contributed by atoms with Gasteiger partial charge in [0.25, 0.3) is 0 Å². The van der Waals surface area contributed by atoms with Crippen molar-refractivity contribution in [2.24, 2.45) is 0 Å². The summed E-state index contributed by atoms with van der Waals surface area (Å²) in [5.74, 6) is 0.796. The highest BCUT2D eigenvalue weighted by molar-refractivity contribution is 5.79. The summed E-state index contributed by atoms with van der Waals surface area (Å²) in [6, 6.07) is 6.58. The molecule has 2 aromatic heterocycles. The van der Waals surface area contributed by atoms with Crippen LogP contribution >= 0.6 is 0 Å². The summed E-state index contributed by atoms with van der Waals surface area (Å²) in [4.78, 5) is 15.4. The second kappa shape index (κ2) is 9.07. The van der Waals surface area contributed by atoms with Crippen LogP contribution in [-0.4, -0.2) is 50.0 Å². The Morgan fingerprint density at radius 3 is 2.61 bits per heavy atom. The summed E-state index contributed by atoms with van der Waals surface area (Å²) in [5, 5.41) is 20.3. The molecule has 0 saturated carbocycles. The Morgan fingerprint density at radius 1 is 1.21 bits per heavy atom. The number of benzene rings is 1. The van der Waals surface area contributed by atoms with E-state index in [0.717, 1.165) is 12.0 Å². The first kappa shape index (κ1) is 23.1. The Labute approximate surface area is 192 Å². The zero-order valence-electron chi connectivity index (χ0n) is 19.1. The molecule has 33 heavy (non-hydrogen) atoms. The van der Waals surface area contributed by atoms with Gasteiger partial charge in [0, 0.05) is 25.9 Å². The summed E-state index contributed by atoms with van der Waals surface area (Å²) in [5.41, 5.74) is 7.25. The number of pyridine rings is 1. The van der Waals surface area contributed by atoms with Crippen molar-refractivity contribution >= 4 is 22.7 Å². The number of nitrogens with two attached hydrogens (primary N) is 1. The maximum absolute atomic E-state index is 14.1. The number of hydrogen-bond acceptors (Lipinski definition) is 8. The van der Waals surface area contributed by atoms with Gasteiger partial charge in [-0.05, 0) is 44.0 Å². The zero-order chi connectivity index (χ0) is 23.8. The zero-order valence-corrected chi connectivity index (χ0v) is 19.1. The standard InChI is InChI=1S/C24H30FN5O3/c1-4-14-5-6-16(25)20(11-14)33-15-7-9-30(10-8-15)23-22(26)28-17-12-18(21(31)24(2,3)32)27-13-19(17)29-23/h5-6,11-13,15,21,31-32H,4,7-10H2,1-3H3,(H2,26,28). The molecule has 3 aromatic rings. The summed E-state index contributed by atoms with van der Waals surface area (Å²) in [6.07, 6.45) is 2.49. The molecule has 1 saturated heterocycles. The number of aromatic nitrogens is 3. The predicted octanol–water partition coefficient (Wildman–Crippen LogP) is 3.16. The smallest absolute Gasteiger partial charge is 0.172 e. The first-order valence-corrected chi connectivity index (χ1v) is 11.2. The van der Waals surface area contributed by atoms with E-state index in [1.807, 2.05) is 11.8 Å². The lowest BCUT2D eigenvalue weighted by Crippen LogP contribution is -2.39. The molecule has 0 aliphatic carbocycles. The van der Waals surface area contributed by atoms with E-state index >= 15 is 0 Å². The molecular weight excluding hydrogens is 425 g/mol. The van der Waals surface area contributed by atoms with Crippen molar-refractivity contribution in [2.45, 2.75) is 57.8 Å². The summed E-state index contributed by atoms with van der Waals surface area (Å²) >= 11 is 0. The van der Waals surface area contributed by atoms with Crippen LogP contribution in [0.1, 0.15) is 51.0 Å². The van der Waals surface area contributed by atoms with Crippen LogP contribution in [0.3, 0.4) is 0 Å². The van der Waals surface area contributed by atoms with Crippen molar-refractivity contribution in [3.8, 4) is 5.75 Å². The number of hydrogen-bond donors (Lipinski definition) is 3. The van der Waals surface area contributed by atoms with Gasteiger partial charge in [0.05, 0.1) is 23.0 Å². The van der Waals surface area contributed by atoms with Crippen molar-refractivity contribution in [3.05, 3.63) is 47.5 Å². The lowest BCUT2D eigenvalue weighted by molar-refractivity contribution is -0.0516. The minimum absolute atomic E-state index is 0.0926. The number of anilines is 2. The summed E-state index contributed by atoms with van der Waals surface area (Å²) < 4.78 is 20.1. The first-order valence-electron chi connectivity index (χ1n) is 11.2. The molecule has 1 aromatic carbocycles. The van der Waals surface area contributed by atoms with Crippen LogP contribution in [0.25, 0.3) is 11.0 Å². The molecule has 9 heteroatoms. The maximum Gasteiger partial charge on any atom is 0.172 e. The second-order valence-electron chi connectivity index (χ2n) is 9.01. The molecule has 1 fully saturated rings. The monoisotopic (exact) mass is 455 g/mol. The lowest BCUT2D eigenvalue weighted by Gasteiger charge is -2.33. The summed E-state index contributed by atoms with van der Waals surface area (Å²) in [6.45, 7) is 6.33. The Morgan fingerprint density at radius 2 is 1.94 bits per heavy atom. The lowest BCUT2D eigenvalue weighted by atomic mass is 9.98. The number of aliphatic hydroxyl groups excluding tert-OH is 1. The van der Waals surface area contributed by atoms with Gasteiger partial charge in [-0.15, -0.1) is 0 Å². The van der Waals surface area contributed by atoms with Crippen LogP contribution in [-0.2, 0) is 6.42 Å². The third-order valence-corrected chi connectivity index (χ3v) is 5.97. The molecule has 1 unspecified atom stereocenters. The highest BCUT2D eigenvalue weighted by Gasteiger charge is 2.28. The van der Waals surface area contributed by atoms with Gasteiger partial charge in [-0.3, -0.25) is 4.98 Å². The highest BCUT2D eigenvalue weighted by Crippen LogP contribution is 2.30. The van der Waals surface area contributed by atoms with Crippen LogP contribution in [0.4, 0.5) is 16.0 Å². The number of fused-ring (bicyclic) bond motifs is 1. The number of aliphatic hydroxyl groups is 2. The Kier molecular flexibility index (Phi) is 6.36. The van der Waals surface area contributed by atoms with Gasteiger partial charge in [-0.2, -0.15) is 0 Å². The van der Waals surface area contributed by atoms with Crippen LogP contribution in [0, 0.1) is 5.82 Å². The van der Waals surface area contributed by atoms with Gasteiger partial charge >= 0.3 is 0 Å². The van der Waals surface area contributed by atoms with Crippen molar-refractivity contribution in [2.75, 3.05) is 23.7 Å². The van der Waals surface area contributed by atoms with E-state index in [1.54, 1.807) is 18.2 Å². The molecule has 0 amide bonds. The van der Waals surface area contributed by atoms with E-state index in [1.165, 1.54) is 26.1 Å². The van der Waals surface area contributed by atoms with E-state index in [0.29, 0.717) is 54.2 Å². The minimum Gasteiger partial charge on any atom is -0.487 e. The number of halogens is 1. The molecule has 4 rings (SSSR count). The van der Waals surface area contributed by atoms with Crippen LogP contribution in [0.15, 0.2) is 30.5 Å². The normalized spacial score (nSPS) is 16.2. The van der Waals surface area contributed by atoms with Gasteiger partial charge in [-0.1, -0.05) is 13.0 Å². The number of ether oxygens (including phenoxy) is 1. The average molecular weight is 456 g/mol. The van der Waals surface area contributed by atoms with E-state index in [4.69, 9.17) is 10.5 Å². The maximum atomic E-state index is 14.1. The Hall–Kier alpha value is -3.04. The van der Waals surface area contributed by atoms with E-state index in [9.17, 15) is 14.6 Å². The summed E-state index contributed by atoms with van der Waals surface area (Å²) in [7, 11) is 0. The molecule has 176 valence electrons. The molecule has 0 radical (unpaired) electrons. The molecule has 4 N–H and O–H groups in total. The fourth-order valence-corrected chi connectivity index (χ4v) is 3.95. The molecule has 0 bridgehead atoms. The number of rotatable bonds is 6. The number of nitrogen functional groups attached to an aromatic ring is 1. The van der Waals surface area contributed by atoms with Crippen molar-refractivity contribution in [1.29, 1.82) is 0 Å². The number of aryl methyl sites for hydroxylation is 1. The van der Waals surface area contributed by atoms with Gasteiger partial charge < -0.3 is 25.6 Å². The quantitative estimate of drug-likeness (QED) is 0.519. The molecule has 1 aliphatic heterocycles. The van der Waals surface area contributed by atoms with Crippen LogP contribution < -0.4 is 15.4 Å². The van der Waals surface area contributed by atoms with Gasteiger partial charge in [0.1, 0.15) is 17.7 Å². The second-order valence-corrected chi connectivity index (χ2v) is 9.01. The first-order chi connectivity index (χ1) is 15.7. The predicted molar refractivity (Wildman–Crippen MR) is 125 cm³/mol. The molecule has 0 spiro atoms. The van der Waals surface area contributed by atoms with Crippen LogP contribution in [0.2, 0.25) is 0 Å². The van der Waals surface area contributed by atoms with Crippen molar-refractivity contribution in [3.63, 3.8) is 0 Å². The average Bonchev–Trinajstić information content (AvgIpc) is 2.79. The third kappa shape index (κ3) is 4.99. The minimum atomic E-state index is -1.34. The van der Waals surface area contributed by atoms with Crippen molar-refractivity contribution < 1.29 is 19.3 Å². The molecule has 3 heterocycles. The SMILES string of the molecule is CCc1ccc(F)c(OC2CCN(c3nc4cnc(C(O)C(C)(C)O)cc4nc3N)CC2)c1. The molecule has 8 nitrogen and oxygen atoms in total. The van der Waals surface area contributed by atoms with Gasteiger partial charge in [0.15, 0.2) is 23.2 Å². The topological polar surface area (TPSA) is 118 Å². The van der Waals surface area contributed by atoms with E-state index < -0.39 is 11.7 Å². The molecule has 1 atom stereocenters. The van der Waals surface area contributed by atoms with Crippen molar-refractivity contribution in [1.82, 2.24) is 15.0 Å². The number of nitrogens with zero attached hydrogens (tertiary/aromatic N) is 4. The number of piperidine rings is 1. The van der Waals surface area contributed by atoms with E-state index in [-0.39, 0.29) is 17.7 Å². The third-order valence-electron chi connectivity index (χ3n) is 5.97. The molecule has 1 aliphatic rings. The largest absolute Gasteiger partial charge is 0.487 e. The fraction of sp³-hybridized carbons (Fsp3) is 0.458. The Balaban J connectivity index is 1.47. The highest BCUT2D eigenvalue weighted by atomic mass is 19.1.